The van der Waals surface area contributed by atoms with E-state index >= 15 is 0 Å². The smallest absolute Gasteiger partial charge is 0.298 e. The van der Waals surface area contributed by atoms with Crippen molar-refractivity contribution >= 4 is 12.3 Å². The molecular formula is C14H9FO2. The van der Waals surface area contributed by atoms with Gasteiger partial charge in [0.1, 0.15) is 0 Å². The summed E-state index contributed by atoms with van der Waals surface area (Å²) in [5.74, 6) is 0. The summed E-state index contributed by atoms with van der Waals surface area (Å²) in [6.45, 7) is 0. The van der Waals surface area contributed by atoms with Crippen LogP contribution in [-0.2, 0) is 0 Å². The van der Waals surface area contributed by atoms with Crippen LogP contribution in [0.5, 0.6) is 0 Å². The van der Waals surface area contributed by atoms with E-state index in [-0.39, 0.29) is 5.56 Å². The minimum absolute atomic E-state index is 0.0261. The SMILES string of the molecule is O=Cc1ccccc1-c1ccccc1C(=O)F. The predicted molar refractivity (Wildman–Crippen MR) is 62.7 cm³/mol. The van der Waals surface area contributed by atoms with Crippen molar-refractivity contribution in [1.82, 2.24) is 0 Å². The summed E-state index contributed by atoms with van der Waals surface area (Å²) in [6, 6.07) is 11.6. The zero-order chi connectivity index (χ0) is 12.3. The molecule has 0 heterocycles. The summed E-state index contributed by atoms with van der Waals surface area (Å²) in [6.07, 6.45) is 0.689. The van der Waals surface area contributed by atoms with Gasteiger partial charge in [0.15, 0.2) is 6.29 Å². The van der Waals surface area contributed by atoms with Crippen LogP contribution in [0, 0.1) is 0 Å². The average molecular weight is 228 g/mol. The van der Waals surface area contributed by atoms with Crippen molar-refractivity contribution in [2.75, 3.05) is 0 Å². The van der Waals surface area contributed by atoms with E-state index in [2.05, 4.69) is 0 Å². The molecule has 0 aliphatic carbocycles. The van der Waals surface area contributed by atoms with E-state index in [9.17, 15) is 14.0 Å². The van der Waals surface area contributed by atoms with Crippen LogP contribution in [0.15, 0.2) is 48.5 Å². The molecule has 2 rings (SSSR count). The molecule has 0 saturated heterocycles. The zero-order valence-electron chi connectivity index (χ0n) is 8.89. The maximum Gasteiger partial charge on any atom is 0.332 e. The lowest BCUT2D eigenvalue weighted by Crippen LogP contribution is -1.96. The molecule has 0 radical (unpaired) electrons. The highest BCUT2D eigenvalue weighted by Crippen LogP contribution is 2.26. The van der Waals surface area contributed by atoms with Crippen molar-refractivity contribution in [2.24, 2.45) is 0 Å². The fourth-order valence-corrected chi connectivity index (χ4v) is 1.73. The molecule has 0 unspecified atom stereocenters. The molecule has 2 aromatic carbocycles. The third kappa shape index (κ3) is 2.13. The number of halogens is 1. The third-order valence-electron chi connectivity index (χ3n) is 2.52. The van der Waals surface area contributed by atoms with Crippen molar-refractivity contribution in [3.63, 3.8) is 0 Å². The van der Waals surface area contributed by atoms with Gasteiger partial charge in [-0.15, -0.1) is 0 Å². The highest BCUT2D eigenvalue weighted by molar-refractivity contribution is 5.99. The lowest BCUT2D eigenvalue weighted by molar-refractivity contribution is 0.0836. The molecule has 0 amide bonds. The van der Waals surface area contributed by atoms with Crippen molar-refractivity contribution in [3.8, 4) is 11.1 Å². The molecule has 0 aliphatic heterocycles. The number of carbonyl (C=O) groups excluding carboxylic acids is 2. The van der Waals surface area contributed by atoms with Crippen LogP contribution in [0.1, 0.15) is 20.7 Å². The highest BCUT2D eigenvalue weighted by Gasteiger charge is 2.13. The number of benzene rings is 2. The first-order chi connectivity index (χ1) is 8.24. The van der Waals surface area contributed by atoms with Crippen LogP contribution in [0.4, 0.5) is 4.39 Å². The number of carbonyl (C=O) groups is 2. The van der Waals surface area contributed by atoms with Gasteiger partial charge in [-0.25, -0.2) is 0 Å². The Labute approximate surface area is 97.7 Å². The van der Waals surface area contributed by atoms with Crippen LogP contribution in [-0.4, -0.2) is 12.3 Å². The molecular weight excluding hydrogens is 219 g/mol. The molecule has 84 valence electrons. The first kappa shape index (κ1) is 11.2. The number of hydrogen-bond donors (Lipinski definition) is 0. The number of aldehydes is 1. The van der Waals surface area contributed by atoms with Crippen LogP contribution in [0.3, 0.4) is 0 Å². The van der Waals surface area contributed by atoms with E-state index in [1.54, 1.807) is 42.5 Å². The van der Waals surface area contributed by atoms with E-state index in [1.165, 1.54) is 6.07 Å². The third-order valence-corrected chi connectivity index (χ3v) is 2.52. The summed E-state index contributed by atoms with van der Waals surface area (Å²) in [5, 5.41) is 0. The molecule has 3 heteroatoms. The molecule has 0 saturated carbocycles. The normalized spacial score (nSPS) is 9.94. The van der Waals surface area contributed by atoms with Crippen molar-refractivity contribution in [2.45, 2.75) is 0 Å². The molecule has 2 nitrogen and oxygen atoms in total. The monoisotopic (exact) mass is 228 g/mol. The van der Waals surface area contributed by atoms with Gasteiger partial charge in [0.2, 0.25) is 0 Å². The van der Waals surface area contributed by atoms with E-state index in [0.29, 0.717) is 23.0 Å². The Balaban J connectivity index is 2.68. The molecule has 17 heavy (non-hydrogen) atoms. The van der Waals surface area contributed by atoms with Crippen molar-refractivity contribution < 1.29 is 14.0 Å². The Hall–Kier alpha value is -2.29. The topological polar surface area (TPSA) is 34.1 Å². The van der Waals surface area contributed by atoms with E-state index in [4.69, 9.17) is 0 Å². The summed E-state index contributed by atoms with van der Waals surface area (Å²) in [5.41, 5.74) is 1.40. The predicted octanol–water partition coefficient (Wildman–Crippen LogP) is 3.28. The second-order valence-corrected chi connectivity index (χ2v) is 3.52. The lowest BCUT2D eigenvalue weighted by atomic mass is 9.96. The molecule has 0 N–H and O–H groups in total. The van der Waals surface area contributed by atoms with E-state index in [1.807, 2.05) is 0 Å². The van der Waals surface area contributed by atoms with Gasteiger partial charge in [-0.05, 0) is 17.2 Å². The number of hydrogen-bond acceptors (Lipinski definition) is 2. The Morgan fingerprint density at radius 3 is 2.18 bits per heavy atom. The first-order valence-electron chi connectivity index (χ1n) is 5.07. The van der Waals surface area contributed by atoms with Gasteiger partial charge in [-0.2, -0.15) is 4.39 Å². The minimum Gasteiger partial charge on any atom is -0.298 e. The van der Waals surface area contributed by atoms with Gasteiger partial charge in [0.05, 0.1) is 5.56 Å². The maximum atomic E-state index is 12.9. The van der Waals surface area contributed by atoms with Gasteiger partial charge < -0.3 is 0 Å². The van der Waals surface area contributed by atoms with E-state index < -0.39 is 6.04 Å². The molecule has 0 aromatic heterocycles. The van der Waals surface area contributed by atoms with Gasteiger partial charge in [-0.3, -0.25) is 9.59 Å². The standard InChI is InChI=1S/C14H9FO2/c15-14(17)13-8-4-3-7-12(13)11-6-2-1-5-10(11)9-16/h1-9H. The molecule has 0 atom stereocenters. The molecule has 0 aliphatic rings. The zero-order valence-corrected chi connectivity index (χ0v) is 8.89. The molecule has 0 bridgehead atoms. The molecule has 2 aromatic rings. The van der Waals surface area contributed by atoms with Crippen LogP contribution >= 0.6 is 0 Å². The Morgan fingerprint density at radius 1 is 0.941 bits per heavy atom. The van der Waals surface area contributed by atoms with Crippen molar-refractivity contribution in [3.05, 3.63) is 59.7 Å². The number of rotatable bonds is 3. The van der Waals surface area contributed by atoms with Gasteiger partial charge in [0, 0.05) is 5.56 Å². The summed E-state index contributed by atoms with van der Waals surface area (Å²) in [4.78, 5) is 21.8. The Kier molecular flexibility index (Phi) is 3.10. The molecule has 0 fully saturated rings. The minimum atomic E-state index is -1.50. The quantitative estimate of drug-likeness (QED) is 0.596. The Morgan fingerprint density at radius 2 is 1.53 bits per heavy atom. The first-order valence-corrected chi connectivity index (χ1v) is 5.07. The lowest BCUT2D eigenvalue weighted by Gasteiger charge is -2.07. The van der Waals surface area contributed by atoms with Crippen molar-refractivity contribution in [1.29, 1.82) is 0 Å². The van der Waals surface area contributed by atoms with Crippen LogP contribution in [0.25, 0.3) is 11.1 Å². The second kappa shape index (κ2) is 4.70. The summed E-state index contributed by atoms with van der Waals surface area (Å²) < 4.78 is 12.9. The highest BCUT2D eigenvalue weighted by atomic mass is 19.1. The van der Waals surface area contributed by atoms with Gasteiger partial charge >= 0.3 is 6.04 Å². The Bertz CT molecular complexity index is 576. The molecule has 0 spiro atoms. The summed E-state index contributed by atoms with van der Waals surface area (Å²) >= 11 is 0. The van der Waals surface area contributed by atoms with Gasteiger partial charge in [0.25, 0.3) is 0 Å². The largest absolute Gasteiger partial charge is 0.332 e. The van der Waals surface area contributed by atoms with E-state index in [0.717, 1.165) is 0 Å². The van der Waals surface area contributed by atoms with Crippen LogP contribution < -0.4 is 0 Å². The maximum absolute atomic E-state index is 12.9. The fourth-order valence-electron chi connectivity index (χ4n) is 1.73. The van der Waals surface area contributed by atoms with Gasteiger partial charge in [-0.1, -0.05) is 42.5 Å². The fraction of sp³-hybridized carbons (Fsp3) is 0. The summed E-state index contributed by atoms with van der Waals surface area (Å²) in [7, 11) is 0. The second-order valence-electron chi connectivity index (χ2n) is 3.52. The van der Waals surface area contributed by atoms with Crippen LogP contribution in [0.2, 0.25) is 0 Å². The average Bonchev–Trinajstić information content (AvgIpc) is 2.38.